The highest BCUT2D eigenvalue weighted by atomic mass is 16.7. The monoisotopic (exact) mass is 607 g/mol. The number of fused-ring (bicyclic) bond motifs is 1. The summed E-state index contributed by atoms with van der Waals surface area (Å²) in [6, 6.07) is 15.8. The van der Waals surface area contributed by atoms with Gasteiger partial charge in [0.15, 0.2) is 16.9 Å². The van der Waals surface area contributed by atoms with Crippen molar-refractivity contribution in [2.75, 3.05) is 13.6 Å². The zero-order valence-electron chi connectivity index (χ0n) is 23.1. The molecule has 0 aliphatic carbocycles. The van der Waals surface area contributed by atoms with Crippen LogP contribution in [0.2, 0.25) is 0 Å². The number of aliphatic carboxylic acids is 1. The first-order valence-electron chi connectivity index (χ1n) is 13.3. The predicted octanol–water partition coefficient (Wildman–Crippen LogP) is 1.61. The van der Waals surface area contributed by atoms with Gasteiger partial charge in [0.25, 0.3) is 0 Å². The molecule has 2 heterocycles. The maximum Gasteiger partial charge on any atom is 0.340 e. The molecule has 0 saturated carbocycles. The van der Waals surface area contributed by atoms with Crippen LogP contribution in [-0.4, -0.2) is 85.5 Å². The van der Waals surface area contributed by atoms with Gasteiger partial charge in [-0.15, -0.1) is 0 Å². The summed E-state index contributed by atoms with van der Waals surface area (Å²) in [5, 5.41) is 74.8. The maximum absolute atomic E-state index is 13.1. The predicted molar refractivity (Wildman–Crippen MR) is 156 cm³/mol. The van der Waals surface area contributed by atoms with E-state index >= 15 is 0 Å². The van der Waals surface area contributed by atoms with Crippen molar-refractivity contribution in [1.29, 1.82) is 0 Å². The lowest BCUT2D eigenvalue weighted by atomic mass is 9.86. The van der Waals surface area contributed by atoms with Gasteiger partial charge < -0.3 is 55.0 Å². The van der Waals surface area contributed by atoms with Gasteiger partial charge in [0.05, 0.1) is 0 Å². The first-order chi connectivity index (χ1) is 21.0. The summed E-state index contributed by atoms with van der Waals surface area (Å²) in [6.07, 6.45) is -4.59. The Kier molecular flexibility index (Phi) is 8.32. The van der Waals surface area contributed by atoms with E-state index in [1.807, 2.05) is 30.3 Å². The average molecular weight is 608 g/mol. The number of phenols is 3. The smallest absolute Gasteiger partial charge is 0.340 e. The van der Waals surface area contributed by atoms with Gasteiger partial charge >= 0.3 is 5.97 Å². The molecule has 0 spiro atoms. The Hall–Kier alpha value is -4.92. The normalized spacial score (nSPS) is 23.6. The number of rotatable bonds is 8. The molecule has 0 amide bonds. The molecule has 1 saturated heterocycles. The average Bonchev–Trinajstić information content (AvgIpc) is 3.00. The second kappa shape index (κ2) is 12.0. The minimum atomic E-state index is -2.46. The molecule has 5 unspecified atom stereocenters. The van der Waals surface area contributed by atoms with Crippen molar-refractivity contribution in [2.45, 2.75) is 30.2 Å². The van der Waals surface area contributed by atoms with E-state index in [1.54, 1.807) is 12.2 Å². The number of nitrogens with one attached hydrogen (secondary N) is 1. The van der Waals surface area contributed by atoms with Crippen LogP contribution in [-0.2, 0) is 9.53 Å². The van der Waals surface area contributed by atoms with Gasteiger partial charge in [-0.25, -0.2) is 4.79 Å². The molecule has 1 fully saturated rings. The maximum atomic E-state index is 13.1. The van der Waals surface area contributed by atoms with Crippen LogP contribution in [0.5, 0.6) is 23.0 Å². The van der Waals surface area contributed by atoms with Crippen molar-refractivity contribution in [1.82, 2.24) is 5.32 Å². The highest BCUT2D eigenvalue weighted by Crippen LogP contribution is 2.43. The number of carboxylic acid groups (broad SMARTS) is 1. The van der Waals surface area contributed by atoms with Crippen LogP contribution < -0.4 is 15.5 Å². The summed E-state index contributed by atoms with van der Waals surface area (Å²) in [5.74, 6) is -4.18. The fourth-order valence-electron chi connectivity index (χ4n) is 5.00. The second-order valence-corrected chi connectivity index (χ2v) is 10.2. The largest absolute Gasteiger partial charge is 0.508 e. The molecule has 1 aliphatic rings. The number of carboxylic acids is 1. The Morgan fingerprint density at radius 2 is 1.70 bits per heavy atom. The lowest BCUT2D eigenvalue weighted by molar-refractivity contribution is -0.305. The standard InChI is InChI=1S/C31H29NO12/c1-32-14-31(30(40)41)28(39)26(37)27(38)29(44-31)43-22-13-21-23(25(36)24(22)35)19(34)12-20(42-21)18-10-9-17(33)11-16(18)8-7-15-5-3-2-4-6-15/h2-13,26-29,32-33,35-39H,14H2,1H3,(H,40,41). The molecular formula is C31H29NO12. The summed E-state index contributed by atoms with van der Waals surface area (Å²) >= 11 is 0. The summed E-state index contributed by atoms with van der Waals surface area (Å²) in [5.41, 5.74) is -1.72. The van der Waals surface area contributed by atoms with Crippen molar-refractivity contribution in [3.8, 4) is 34.3 Å². The van der Waals surface area contributed by atoms with Crippen molar-refractivity contribution in [3.05, 3.63) is 82.0 Å². The molecular weight excluding hydrogens is 578 g/mol. The van der Waals surface area contributed by atoms with Crippen LogP contribution in [0.15, 0.2) is 69.9 Å². The van der Waals surface area contributed by atoms with Crippen LogP contribution in [0.3, 0.4) is 0 Å². The quantitative estimate of drug-likeness (QED) is 0.106. The molecule has 1 aliphatic heterocycles. The molecule has 13 heteroatoms. The summed E-state index contributed by atoms with van der Waals surface area (Å²) in [6.45, 7) is -0.506. The number of aromatic hydroxyl groups is 3. The van der Waals surface area contributed by atoms with E-state index in [-0.39, 0.29) is 17.1 Å². The fourth-order valence-corrected chi connectivity index (χ4v) is 5.00. The zero-order valence-corrected chi connectivity index (χ0v) is 23.1. The van der Waals surface area contributed by atoms with E-state index in [0.29, 0.717) is 11.1 Å². The molecule has 44 heavy (non-hydrogen) atoms. The number of hydrogen-bond donors (Lipinski definition) is 8. The molecule has 0 radical (unpaired) electrons. The molecule has 230 valence electrons. The molecule has 13 nitrogen and oxygen atoms in total. The summed E-state index contributed by atoms with van der Waals surface area (Å²) < 4.78 is 16.9. The van der Waals surface area contributed by atoms with Gasteiger partial charge in [-0.2, -0.15) is 0 Å². The van der Waals surface area contributed by atoms with Gasteiger partial charge in [0.2, 0.25) is 17.6 Å². The third-order valence-electron chi connectivity index (χ3n) is 7.29. The van der Waals surface area contributed by atoms with Crippen molar-refractivity contribution >= 4 is 29.1 Å². The van der Waals surface area contributed by atoms with E-state index in [1.165, 1.54) is 25.2 Å². The van der Waals surface area contributed by atoms with Crippen LogP contribution in [0.4, 0.5) is 0 Å². The van der Waals surface area contributed by atoms with Gasteiger partial charge in [-0.3, -0.25) is 4.79 Å². The molecule has 1 aromatic heterocycles. The lowest BCUT2D eigenvalue weighted by Gasteiger charge is -2.45. The van der Waals surface area contributed by atoms with Crippen LogP contribution in [0.1, 0.15) is 11.1 Å². The number of aliphatic hydroxyl groups excluding tert-OH is 3. The number of carbonyl (C=O) groups is 1. The van der Waals surface area contributed by atoms with Crippen molar-refractivity contribution in [3.63, 3.8) is 0 Å². The zero-order chi connectivity index (χ0) is 31.8. The lowest BCUT2D eigenvalue weighted by Crippen LogP contribution is -2.71. The third kappa shape index (κ3) is 5.45. The summed E-state index contributed by atoms with van der Waals surface area (Å²) in [7, 11) is 1.37. The second-order valence-electron chi connectivity index (χ2n) is 10.2. The molecule has 5 rings (SSSR count). The minimum Gasteiger partial charge on any atom is -0.508 e. The van der Waals surface area contributed by atoms with Crippen LogP contribution in [0, 0.1) is 0 Å². The van der Waals surface area contributed by atoms with Gasteiger partial charge in [-0.1, -0.05) is 42.5 Å². The number of likely N-dealkylation sites (N-methyl/N-ethyl adjacent to an activating group) is 1. The molecule has 0 bridgehead atoms. The Morgan fingerprint density at radius 1 is 0.977 bits per heavy atom. The van der Waals surface area contributed by atoms with Crippen molar-refractivity contribution < 1.29 is 54.4 Å². The van der Waals surface area contributed by atoms with Crippen molar-refractivity contribution in [2.24, 2.45) is 0 Å². The highest BCUT2D eigenvalue weighted by Gasteiger charge is 2.59. The Bertz CT molecular complexity index is 1790. The molecule has 4 aromatic rings. The molecule has 8 N–H and O–H groups in total. The molecule has 5 atom stereocenters. The van der Waals surface area contributed by atoms with Gasteiger partial charge in [0.1, 0.15) is 40.8 Å². The Labute approximate surface area is 249 Å². The number of hydrogen-bond acceptors (Lipinski definition) is 12. The third-order valence-corrected chi connectivity index (χ3v) is 7.29. The first-order valence-corrected chi connectivity index (χ1v) is 13.3. The highest BCUT2D eigenvalue weighted by molar-refractivity contribution is 5.90. The fraction of sp³-hybridized carbons (Fsp3) is 0.226. The van der Waals surface area contributed by atoms with E-state index in [0.717, 1.165) is 17.7 Å². The number of phenolic OH excluding ortho intramolecular Hbond substituents is 3. The topological polar surface area (TPSA) is 219 Å². The number of aliphatic hydroxyl groups is 3. The van der Waals surface area contributed by atoms with Crippen LogP contribution >= 0.6 is 0 Å². The number of ether oxygens (including phenoxy) is 2. The van der Waals surface area contributed by atoms with Gasteiger partial charge in [-0.05, 0) is 36.4 Å². The van der Waals surface area contributed by atoms with E-state index in [2.05, 4.69) is 5.32 Å². The SMILES string of the molecule is CNCC1(C(=O)O)OC(Oc2cc3oc(-c4ccc(O)cc4C=Cc4ccccc4)cc(=O)c3c(O)c2O)C(O)C(O)C1O. The Balaban J connectivity index is 1.57. The van der Waals surface area contributed by atoms with E-state index < -0.39 is 70.8 Å². The minimum absolute atomic E-state index is 0.0256. The molecule has 3 aromatic carbocycles. The first kappa shape index (κ1) is 30.5. The Morgan fingerprint density at radius 3 is 2.39 bits per heavy atom. The van der Waals surface area contributed by atoms with Crippen LogP contribution in [0.25, 0.3) is 34.4 Å². The number of benzene rings is 3. The van der Waals surface area contributed by atoms with E-state index in [4.69, 9.17) is 13.9 Å². The summed E-state index contributed by atoms with van der Waals surface area (Å²) in [4.78, 5) is 25.2. The van der Waals surface area contributed by atoms with E-state index in [9.17, 15) is 45.3 Å². The van der Waals surface area contributed by atoms with Gasteiger partial charge in [0, 0.05) is 24.2 Å².